The van der Waals surface area contributed by atoms with Crippen LogP contribution in [0.1, 0.15) is 58.3 Å². The second-order valence-corrected chi connectivity index (χ2v) is 10.9. The Balaban J connectivity index is 1.55. The molecule has 0 aromatic heterocycles. The lowest BCUT2D eigenvalue weighted by molar-refractivity contribution is -0.140. The monoisotopic (exact) mass is 463 g/mol. The first-order valence-electron chi connectivity index (χ1n) is 12.0. The van der Waals surface area contributed by atoms with E-state index in [9.17, 15) is 18.0 Å². The first-order chi connectivity index (χ1) is 15.4. The molecule has 178 valence electrons. The maximum atomic E-state index is 13.2. The number of rotatable bonds is 9. The van der Waals surface area contributed by atoms with Crippen LogP contribution >= 0.6 is 0 Å². The van der Waals surface area contributed by atoms with Gasteiger partial charge < -0.3 is 10.2 Å². The van der Waals surface area contributed by atoms with Gasteiger partial charge in [-0.05, 0) is 44.2 Å². The summed E-state index contributed by atoms with van der Waals surface area (Å²) in [5.74, 6) is -0.501. The normalized spacial score (nSPS) is 22.5. The quantitative estimate of drug-likeness (QED) is 0.571. The van der Waals surface area contributed by atoms with Crippen molar-refractivity contribution in [1.82, 2.24) is 14.5 Å². The number of nitrogens with zero attached hydrogens (tertiary/aromatic N) is 2. The van der Waals surface area contributed by atoms with E-state index in [-0.39, 0.29) is 35.1 Å². The molecule has 8 heteroatoms. The minimum absolute atomic E-state index is 0.0154. The molecule has 2 saturated heterocycles. The molecular formula is C24H37N3O4S. The zero-order chi connectivity index (χ0) is 23.0. The Morgan fingerprint density at radius 1 is 0.969 bits per heavy atom. The van der Waals surface area contributed by atoms with Gasteiger partial charge in [0.05, 0.1) is 16.7 Å². The van der Waals surface area contributed by atoms with Gasteiger partial charge in [0.2, 0.25) is 21.8 Å². The van der Waals surface area contributed by atoms with Gasteiger partial charge >= 0.3 is 0 Å². The van der Waals surface area contributed by atoms with Crippen LogP contribution in [0.3, 0.4) is 0 Å². The van der Waals surface area contributed by atoms with E-state index in [0.717, 1.165) is 25.7 Å². The van der Waals surface area contributed by atoms with E-state index < -0.39 is 10.0 Å². The van der Waals surface area contributed by atoms with Crippen LogP contribution in [0, 0.1) is 11.8 Å². The molecule has 3 rings (SSSR count). The topological polar surface area (TPSA) is 86.8 Å². The van der Waals surface area contributed by atoms with Crippen LogP contribution in [-0.4, -0.2) is 62.2 Å². The fourth-order valence-corrected chi connectivity index (χ4v) is 6.21. The van der Waals surface area contributed by atoms with Gasteiger partial charge in [-0.25, -0.2) is 8.42 Å². The van der Waals surface area contributed by atoms with Crippen molar-refractivity contribution in [3.05, 3.63) is 30.3 Å². The van der Waals surface area contributed by atoms with E-state index in [4.69, 9.17) is 0 Å². The zero-order valence-electron chi connectivity index (χ0n) is 19.2. The van der Waals surface area contributed by atoms with E-state index in [2.05, 4.69) is 12.2 Å². The predicted molar refractivity (Wildman–Crippen MR) is 124 cm³/mol. The van der Waals surface area contributed by atoms with Crippen LogP contribution in [0.2, 0.25) is 0 Å². The highest BCUT2D eigenvalue weighted by Crippen LogP contribution is 2.27. The fourth-order valence-electron chi connectivity index (χ4n) is 4.66. The molecule has 0 bridgehead atoms. The van der Waals surface area contributed by atoms with E-state index >= 15 is 0 Å². The van der Waals surface area contributed by atoms with Crippen molar-refractivity contribution in [3.63, 3.8) is 0 Å². The van der Waals surface area contributed by atoms with Crippen LogP contribution in [-0.2, 0) is 19.6 Å². The van der Waals surface area contributed by atoms with Gasteiger partial charge in [-0.15, -0.1) is 0 Å². The number of carbonyl (C=O) groups excluding carboxylic acids is 2. The van der Waals surface area contributed by atoms with Gasteiger partial charge in [0.25, 0.3) is 0 Å². The zero-order valence-corrected chi connectivity index (χ0v) is 20.0. The summed E-state index contributed by atoms with van der Waals surface area (Å²) in [5, 5.41) is 3.03. The molecule has 2 heterocycles. The summed E-state index contributed by atoms with van der Waals surface area (Å²) in [5.41, 5.74) is 0. The Morgan fingerprint density at radius 3 is 2.44 bits per heavy atom. The number of nitrogens with one attached hydrogen (secondary N) is 1. The minimum atomic E-state index is -3.60. The molecule has 32 heavy (non-hydrogen) atoms. The Kier molecular flexibility index (Phi) is 9.11. The third-order valence-corrected chi connectivity index (χ3v) is 8.43. The minimum Gasteiger partial charge on any atom is -0.356 e. The molecule has 2 fully saturated rings. The molecule has 2 aliphatic rings. The summed E-state index contributed by atoms with van der Waals surface area (Å²) in [6, 6.07) is 8.40. The van der Waals surface area contributed by atoms with Gasteiger partial charge in [-0.2, -0.15) is 4.31 Å². The van der Waals surface area contributed by atoms with Gasteiger partial charge in [0.15, 0.2) is 0 Å². The summed E-state index contributed by atoms with van der Waals surface area (Å²) in [7, 11) is -3.60. The largest absolute Gasteiger partial charge is 0.356 e. The standard InChI is InChI=1S/C24H37N3O4S/c1-2-3-4-8-15-25-23(28)20-11-9-16-26(18-20)24(29)21-12-10-17-27(19-21)32(30,31)22-13-6-5-7-14-22/h5-7,13-14,20-21H,2-4,8-12,15-19H2,1H3,(H,25,28). The third kappa shape index (κ3) is 6.32. The maximum Gasteiger partial charge on any atom is 0.243 e. The highest BCUT2D eigenvalue weighted by molar-refractivity contribution is 7.89. The number of carbonyl (C=O) groups is 2. The van der Waals surface area contributed by atoms with E-state index in [1.54, 1.807) is 35.2 Å². The van der Waals surface area contributed by atoms with Gasteiger partial charge in [-0.3, -0.25) is 9.59 Å². The molecule has 2 amide bonds. The van der Waals surface area contributed by atoms with E-state index in [0.29, 0.717) is 39.0 Å². The van der Waals surface area contributed by atoms with Gasteiger partial charge in [0.1, 0.15) is 0 Å². The molecule has 0 spiro atoms. The van der Waals surface area contributed by atoms with Crippen molar-refractivity contribution in [2.24, 2.45) is 11.8 Å². The van der Waals surface area contributed by atoms with Crippen LogP contribution in [0.25, 0.3) is 0 Å². The molecule has 1 aromatic carbocycles. The first kappa shape index (κ1) is 24.7. The molecule has 0 saturated carbocycles. The SMILES string of the molecule is CCCCCCNC(=O)C1CCCN(C(=O)C2CCCN(S(=O)(=O)c3ccccc3)C2)C1. The molecule has 2 atom stereocenters. The lowest BCUT2D eigenvalue weighted by atomic mass is 9.93. The van der Waals surface area contributed by atoms with Crippen molar-refractivity contribution in [2.45, 2.75) is 63.2 Å². The Labute approximate surface area is 192 Å². The summed E-state index contributed by atoms with van der Waals surface area (Å²) in [4.78, 5) is 27.9. The lowest BCUT2D eigenvalue weighted by Crippen LogP contribution is -2.51. The number of amides is 2. The number of hydrogen-bond acceptors (Lipinski definition) is 4. The molecule has 1 N–H and O–H groups in total. The first-order valence-corrected chi connectivity index (χ1v) is 13.5. The molecule has 0 radical (unpaired) electrons. The third-order valence-electron chi connectivity index (χ3n) is 6.55. The number of unbranched alkanes of at least 4 members (excludes halogenated alkanes) is 3. The van der Waals surface area contributed by atoms with Crippen LogP contribution < -0.4 is 5.32 Å². The van der Waals surface area contributed by atoms with Crippen molar-refractivity contribution in [1.29, 1.82) is 0 Å². The molecule has 2 aliphatic heterocycles. The maximum absolute atomic E-state index is 13.2. The lowest BCUT2D eigenvalue weighted by Gasteiger charge is -2.37. The van der Waals surface area contributed by atoms with Gasteiger partial charge in [0, 0.05) is 32.7 Å². The van der Waals surface area contributed by atoms with Crippen molar-refractivity contribution in [3.8, 4) is 0 Å². The average Bonchev–Trinajstić information content (AvgIpc) is 2.84. The Morgan fingerprint density at radius 2 is 1.69 bits per heavy atom. The fraction of sp³-hybridized carbons (Fsp3) is 0.667. The van der Waals surface area contributed by atoms with Crippen molar-refractivity contribution < 1.29 is 18.0 Å². The Hall–Kier alpha value is -1.93. The Bertz CT molecular complexity index is 859. The molecule has 1 aromatic rings. The highest BCUT2D eigenvalue weighted by Gasteiger charge is 2.37. The highest BCUT2D eigenvalue weighted by atomic mass is 32.2. The molecule has 7 nitrogen and oxygen atoms in total. The predicted octanol–water partition coefficient (Wildman–Crippen LogP) is 3.02. The summed E-state index contributed by atoms with van der Waals surface area (Å²) < 4.78 is 27.4. The number of likely N-dealkylation sites (tertiary alicyclic amines) is 1. The van der Waals surface area contributed by atoms with Gasteiger partial charge in [-0.1, -0.05) is 44.4 Å². The van der Waals surface area contributed by atoms with Crippen molar-refractivity contribution in [2.75, 3.05) is 32.7 Å². The van der Waals surface area contributed by atoms with Crippen LogP contribution in [0.15, 0.2) is 35.2 Å². The summed E-state index contributed by atoms with van der Waals surface area (Å²) >= 11 is 0. The van der Waals surface area contributed by atoms with Crippen molar-refractivity contribution >= 4 is 21.8 Å². The average molecular weight is 464 g/mol. The summed E-state index contributed by atoms with van der Waals surface area (Å²) in [6.45, 7) is 4.57. The van der Waals surface area contributed by atoms with Crippen LogP contribution in [0.5, 0.6) is 0 Å². The smallest absolute Gasteiger partial charge is 0.243 e. The van der Waals surface area contributed by atoms with E-state index in [1.165, 1.54) is 17.1 Å². The number of sulfonamides is 1. The number of piperidine rings is 2. The van der Waals surface area contributed by atoms with E-state index in [1.807, 2.05) is 0 Å². The summed E-state index contributed by atoms with van der Waals surface area (Å²) in [6.07, 6.45) is 7.41. The number of hydrogen-bond donors (Lipinski definition) is 1. The molecule has 0 aliphatic carbocycles. The second kappa shape index (κ2) is 11.8. The van der Waals surface area contributed by atoms with Crippen LogP contribution in [0.4, 0.5) is 0 Å². The second-order valence-electron chi connectivity index (χ2n) is 8.99. The molecule has 2 unspecified atom stereocenters. The molecular weight excluding hydrogens is 426 g/mol. The number of benzene rings is 1.